The summed E-state index contributed by atoms with van der Waals surface area (Å²) < 4.78 is 7.25. The van der Waals surface area contributed by atoms with E-state index >= 15 is 0 Å². The molecule has 2 rings (SSSR count). The third-order valence-electron chi connectivity index (χ3n) is 3.75. The first kappa shape index (κ1) is 14.8. The zero-order chi connectivity index (χ0) is 14.5. The SMILES string of the molecule is CCc1nn(C)c(C(=O)NCCOC2CCCC2)c1N. The van der Waals surface area contributed by atoms with E-state index < -0.39 is 0 Å². The Hall–Kier alpha value is -1.56. The number of hydrogen-bond acceptors (Lipinski definition) is 4. The van der Waals surface area contributed by atoms with Crippen molar-refractivity contribution in [1.29, 1.82) is 0 Å². The van der Waals surface area contributed by atoms with E-state index in [4.69, 9.17) is 10.5 Å². The van der Waals surface area contributed by atoms with Gasteiger partial charge in [-0.15, -0.1) is 0 Å². The molecule has 0 bridgehead atoms. The summed E-state index contributed by atoms with van der Waals surface area (Å²) in [5.74, 6) is -0.188. The maximum atomic E-state index is 12.1. The predicted octanol–water partition coefficient (Wildman–Crippen LogP) is 1.25. The number of nitrogen functional groups attached to an aromatic ring is 1. The van der Waals surface area contributed by atoms with Crippen LogP contribution in [0.3, 0.4) is 0 Å². The number of anilines is 1. The van der Waals surface area contributed by atoms with Crippen LogP contribution in [-0.2, 0) is 18.2 Å². The molecule has 0 radical (unpaired) electrons. The maximum Gasteiger partial charge on any atom is 0.271 e. The number of aryl methyl sites for hydroxylation is 2. The van der Waals surface area contributed by atoms with Crippen LogP contribution in [0, 0.1) is 0 Å². The van der Waals surface area contributed by atoms with Crippen molar-refractivity contribution in [2.45, 2.75) is 45.1 Å². The van der Waals surface area contributed by atoms with Crippen molar-refractivity contribution >= 4 is 11.6 Å². The lowest BCUT2D eigenvalue weighted by Gasteiger charge is -2.11. The van der Waals surface area contributed by atoms with Crippen LogP contribution < -0.4 is 11.1 Å². The van der Waals surface area contributed by atoms with Crippen molar-refractivity contribution in [2.24, 2.45) is 7.05 Å². The Morgan fingerprint density at radius 1 is 1.50 bits per heavy atom. The zero-order valence-electron chi connectivity index (χ0n) is 12.3. The number of nitrogens with one attached hydrogen (secondary N) is 1. The first-order valence-electron chi connectivity index (χ1n) is 7.34. The Labute approximate surface area is 119 Å². The number of hydrogen-bond donors (Lipinski definition) is 2. The van der Waals surface area contributed by atoms with Crippen LogP contribution in [0.25, 0.3) is 0 Å². The fourth-order valence-electron chi connectivity index (χ4n) is 2.66. The molecule has 1 aromatic heterocycles. The minimum absolute atomic E-state index is 0.188. The maximum absolute atomic E-state index is 12.1. The van der Waals surface area contributed by atoms with Gasteiger partial charge in [-0.3, -0.25) is 9.48 Å². The van der Waals surface area contributed by atoms with Gasteiger partial charge in [0.2, 0.25) is 0 Å². The molecule has 6 nitrogen and oxygen atoms in total. The normalized spacial score (nSPS) is 15.7. The molecule has 0 saturated heterocycles. The standard InChI is InChI=1S/C14H24N4O2/c1-3-11-12(15)13(18(2)17-11)14(19)16-8-9-20-10-6-4-5-7-10/h10H,3-9,15H2,1-2H3,(H,16,19). The molecule has 20 heavy (non-hydrogen) atoms. The van der Waals surface area contributed by atoms with Crippen molar-refractivity contribution in [1.82, 2.24) is 15.1 Å². The van der Waals surface area contributed by atoms with Crippen LogP contribution in [0.4, 0.5) is 5.69 Å². The minimum atomic E-state index is -0.188. The molecule has 6 heteroatoms. The van der Waals surface area contributed by atoms with Crippen LogP contribution in [0.5, 0.6) is 0 Å². The number of ether oxygens (including phenoxy) is 1. The van der Waals surface area contributed by atoms with Gasteiger partial charge in [-0.2, -0.15) is 5.10 Å². The number of amides is 1. The van der Waals surface area contributed by atoms with Crippen LogP contribution in [-0.4, -0.2) is 34.9 Å². The number of rotatable bonds is 6. The highest BCUT2D eigenvalue weighted by atomic mass is 16.5. The van der Waals surface area contributed by atoms with Crippen LogP contribution in [0.15, 0.2) is 0 Å². The van der Waals surface area contributed by atoms with E-state index in [0.29, 0.717) is 30.6 Å². The third kappa shape index (κ3) is 3.30. The summed E-state index contributed by atoms with van der Waals surface area (Å²) in [6, 6.07) is 0. The Morgan fingerprint density at radius 2 is 2.20 bits per heavy atom. The molecule has 1 amide bonds. The average molecular weight is 280 g/mol. The second-order valence-corrected chi connectivity index (χ2v) is 5.22. The third-order valence-corrected chi connectivity index (χ3v) is 3.75. The lowest BCUT2D eigenvalue weighted by Crippen LogP contribution is -2.30. The molecule has 1 heterocycles. The van der Waals surface area contributed by atoms with E-state index in [-0.39, 0.29) is 5.91 Å². The summed E-state index contributed by atoms with van der Waals surface area (Å²) in [5, 5.41) is 7.08. The number of nitrogens with zero attached hydrogens (tertiary/aromatic N) is 2. The molecule has 1 saturated carbocycles. The number of carbonyl (C=O) groups excluding carboxylic acids is 1. The van der Waals surface area contributed by atoms with Crippen molar-refractivity contribution in [3.05, 3.63) is 11.4 Å². The molecule has 0 spiro atoms. The minimum Gasteiger partial charge on any atom is -0.395 e. The predicted molar refractivity (Wildman–Crippen MR) is 77.5 cm³/mol. The van der Waals surface area contributed by atoms with Gasteiger partial charge in [0.15, 0.2) is 0 Å². The van der Waals surface area contributed by atoms with Gasteiger partial charge in [0.05, 0.1) is 24.1 Å². The van der Waals surface area contributed by atoms with Gasteiger partial charge >= 0.3 is 0 Å². The number of carbonyl (C=O) groups is 1. The van der Waals surface area contributed by atoms with Crippen molar-refractivity contribution in [3.8, 4) is 0 Å². The summed E-state index contributed by atoms with van der Waals surface area (Å²) in [6.07, 6.45) is 5.88. The van der Waals surface area contributed by atoms with Gasteiger partial charge in [0, 0.05) is 13.6 Å². The molecule has 0 unspecified atom stereocenters. The first-order chi connectivity index (χ1) is 9.63. The fraction of sp³-hybridized carbons (Fsp3) is 0.714. The van der Waals surface area contributed by atoms with Crippen LogP contribution in [0.1, 0.15) is 48.8 Å². The zero-order valence-corrected chi connectivity index (χ0v) is 12.3. The summed E-state index contributed by atoms with van der Waals surface area (Å²) in [7, 11) is 1.74. The molecule has 1 aliphatic rings. The largest absolute Gasteiger partial charge is 0.395 e. The highest BCUT2D eigenvalue weighted by Gasteiger charge is 2.19. The second kappa shape index (κ2) is 6.74. The first-order valence-corrected chi connectivity index (χ1v) is 7.34. The molecule has 1 aliphatic carbocycles. The van der Waals surface area contributed by atoms with Crippen molar-refractivity contribution in [3.63, 3.8) is 0 Å². The monoisotopic (exact) mass is 280 g/mol. The van der Waals surface area contributed by atoms with Crippen LogP contribution >= 0.6 is 0 Å². The Bertz CT molecular complexity index is 464. The molecule has 1 fully saturated rings. The fourth-order valence-corrected chi connectivity index (χ4v) is 2.66. The molecule has 0 aliphatic heterocycles. The van der Waals surface area contributed by atoms with Crippen molar-refractivity contribution < 1.29 is 9.53 Å². The number of nitrogens with two attached hydrogens (primary N) is 1. The van der Waals surface area contributed by atoms with Gasteiger partial charge in [-0.1, -0.05) is 19.8 Å². The Balaban J connectivity index is 1.81. The van der Waals surface area contributed by atoms with Crippen molar-refractivity contribution in [2.75, 3.05) is 18.9 Å². The van der Waals surface area contributed by atoms with Gasteiger partial charge in [0.25, 0.3) is 5.91 Å². The molecule has 1 aromatic rings. The van der Waals surface area contributed by atoms with Gasteiger partial charge in [0.1, 0.15) is 5.69 Å². The second-order valence-electron chi connectivity index (χ2n) is 5.22. The van der Waals surface area contributed by atoms with E-state index in [1.807, 2.05) is 6.92 Å². The highest BCUT2D eigenvalue weighted by Crippen LogP contribution is 2.20. The molecular weight excluding hydrogens is 256 g/mol. The summed E-state index contributed by atoms with van der Waals surface area (Å²) in [5.41, 5.74) is 7.62. The number of aromatic nitrogens is 2. The lowest BCUT2D eigenvalue weighted by atomic mass is 10.2. The molecule has 3 N–H and O–H groups in total. The van der Waals surface area contributed by atoms with E-state index in [1.54, 1.807) is 11.7 Å². The summed E-state index contributed by atoms with van der Waals surface area (Å²) in [4.78, 5) is 12.1. The summed E-state index contributed by atoms with van der Waals surface area (Å²) in [6.45, 7) is 3.02. The quantitative estimate of drug-likeness (QED) is 0.768. The summed E-state index contributed by atoms with van der Waals surface area (Å²) >= 11 is 0. The smallest absolute Gasteiger partial charge is 0.271 e. The topological polar surface area (TPSA) is 82.2 Å². The van der Waals surface area contributed by atoms with E-state index in [2.05, 4.69) is 10.4 Å². The average Bonchev–Trinajstić information content (AvgIpc) is 3.02. The highest BCUT2D eigenvalue weighted by molar-refractivity contribution is 5.97. The molecular formula is C14H24N4O2. The van der Waals surface area contributed by atoms with Gasteiger partial charge in [-0.05, 0) is 19.3 Å². The van der Waals surface area contributed by atoms with Gasteiger partial charge in [-0.25, -0.2) is 0 Å². The van der Waals surface area contributed by atoms with Crippen LogP contribution in [0.2, 0.25) is 0 Å². The molecule has 0 atom stereocenters. The Kier molecular flexibility index (Phi) is 5.00. The van der Waals surface area contributed by atoms with E-state index in [0.717, 1.165) is 25.0 Å². The van der Waals surface area contributed by atoms with Gasteiger partial charge < -0.3 is 15.8 Å². The Morgan fingerprint density at radius 3 is 2.80 bits per heavy atom. The lowest BCUT2D eigenvalue weighted by molar-refractivity contribution is 0.0580. The van der Waals surface area contributed by atoms with E-state index in [1.165, 1.54) is 12.8 Å². The molecule has 0 aromatic carbocycles. The molecule has 112 valence electrons. The van der Waals surface area contributed by atoms with E-state index in [9.17, 15) is 4.79 Å².